The van der Waals surface area contributed by atoms with Crippen LogP contribution in [-0.4, -0.2) is 40.5 Å². The summed E-state index contributed by atoms with van der Waals surface area (Å²) in [7, 11) is 1.30. The Morgan fingerprint density at radius 2 is 2.24 bits per heavy atom. The van der Waals surface area contributed by atoms with Gasteiger partial charge in [-0.05, 0) is 23.8 Å². The van der Waals surface area contributed by atoms with E-state index in [1.165, 1.54) is 19.2 Å². The third-order valence-corrected chi connectivity index (χ3v) is 3.82. The van der Waals surface area contributed by atoms with Gasteiger partial charge >= 0.3 is 5.97 Å². The van der Waals surface area contributed by atoms with Gasteiger partial charge in [0.1, 0.15) is 0 Å². The number of ether oxygens (including phenoxy) is 2. The number of aromatic nitrogens is 2. The van der Waals surface area contributed by atoms with Crippen molar-refractivity contribution < 1.29 is 28.6 Å². The van der Waals surface area contributed by atoms with Crippen LogP contribution in [0.3, 0.4) is 0 Å². The number of benzene rings is 1. The number of amides is 1. The molecule has 3 rings (SSSR count). The number of nitrogens with one attached hydrogen (secondary N) is 1. The molecule has 9 heteroatoms. The van der Waals surface area contributed by atoms with Crippen molar-refractivity contribution in [3.05, 3.63) is 47.0 Å². The predicted molar refractivity (Wildman–Crippen MR) is 82.7 cm³/mol. The molecule has 25 heavy (non-hydrogen) atoms. The smallest absolute Gasteiger partial charge is 0.330 e. The molecule has 2 aromatic rings. The molecule has 1 aliphatic rings. The first-order chi connectivity index (χ1) is 12.0. The van der Waals surface area contributed by atoms with E-state index in [4.69, 9.17) is 9.47 Å². The molecule has 0 aliphatic carbocycles. The van der Waals surface area contributed by atoms with Crippen LogP contribution in [0.25, 0.3) is 0 Å². The van der Waals surface area contributed by atoms with Gasteiger partial charge in [0.15, 0.2) is 23.3 Å². The lowest BCUT2D eigenvalue weighted by Crippen LogP contribution is -2.34. The first-order valence-corrected chi connectivity index (χ1v) is 7.51. The highest BCUT2D eigenvalue weighted by atomic mass is 19.1. The van der Waals surface area contributed by atoms with Crippen molar-refractivity contribution in [3.63, 3.8) is 0 Å². The molecule has 1 unspecified atom stereocenters. The Hall–Kier alpha value is -2.94. The lowest BCUT2D eigenvalue weighted by atomic mass is 10.1. The Labute approximate surface area is 142 Å². The van der Waals surface area contributed by atoms with Crippen molar-refractivity contribution >= 4 is 11.9 Å². The summed E-state index contributed by atoms with van der Waals surface area (Å²) in [6, 6.07) is 3.83. The van der Waals surface area contributed by atoms with Crippen LogP contribution in [0.1, 0.15) is 27.8 Å². The van der Waals surface area contributed by atoms with Crippen molar-refractivity contribution in [2.45, 2.75) is 19.2 Å². The van der Waals surface area contributed by atoms with Gasteiger partial charge in [-0.1, -0.05) is 6.07 Å². The Kier molecular flexibility index (Phi) is 4.66. The molecule has 0 radical (unpaired) electrons. The normalized spacial score (nSPS) is 14.5. The van der Waals surface area contributed by atoms with Crippen molar-refractivity contribution in [1.82, 2.24) is 15.1 Å². The van der Waals surface area contributed by atoms with Crippen molar-refractivity contribution in [3.8, 4) is 5.75 Å². The van der Waals surface area contributed by atoms with E-state index in [9.17, 15) is 19.1 Å². The fourth-order valence-electron chi connectivity index (χ4n) is 2.56. The highest BCUT2D eigenvalue weighted by Crippen LogP contribution is 2.22. The molecule has 1 aromatic carbocycles. The SMILES string of the molecule is COc1ccc(C(NC(=O)c2cc3n(n2)CCOC3)C(=O)O)cc1F. The number of carbonyl (C=O) groups excluding carboxylic acids is 1. The molecular weight excluding hydrogens is 333 g/mol. The maximum atomic E-state index is 13.8. The molecule has 1 amide bonds. The maximum Gasteiger partial charge on any atom is 0.330 e. The highest BCUT2D eigenvalue weighted by molar-refractivity contribution is 5.95. The number of halogens is 1. The third-order valence-electron chi connectivity index (χ3n) is 3.82. The van der Waals surface area contributed by atoms with Crippen LogP contribution in [0.15, 0.2) is 24.3 Å². The zero-order valence-electron chi connectivity index (χ0n) is 13.4. The number of hydrogen-bond donors (Lipinski definition) is 2. The van der Waals surface area contributed by atoms with Crippen LogP contribution in [0, 0.1) is 5.82 Å². The van der Waals surface area contributed by atoms with Crippen LogP contribution in [0.4, 0.5) is 4.39 Å². The van der Waals surface area contributed by atoms with E-state index in [-0.39, 0.29) is 17.0 Å². The van der Waals surface area contributed by atoms with Gasteiger partial charge in [0.2, 0.25) is 0 Å². The maximum absolute atomic E-state index is 13.8. The number of hydrogen-bond acceptors (Lipinski definition) is 5. The van der Waals surface area contributed by atoms with Crippen molar-refractivity contribution in [2.75, 3.05) is 13.7 Å². The topological polar surface area (TPSA) is 103 Å². The average molecular weight is 349 g/mol. The molecule has 0 saturated heterocycles. The zero-order chi connectivity index (χ0) is 18.0. The summed E-state index contributed by atoms with van der Waals surface area (Å²) in [5.41, 5.74) is 0.908. The van der Waals surface area contributed by atoms with E-state index < -0.39 is 23.7 Å². The van der Waals surface area contributed by atoms with E-state index in [2.05, 4.69) is 10.4 Å². The quantitative estimate of drug-likeness (QED) is 0.838. The summed E-state index contributed by atoms with van der Waals surface area (Å²) in [5.74, 6) is -2.70. The van der Waals surface area contributed by atoms with E-state index in [1.807, 2.05) is 0 Å². The van der Waals surface area contributed by atoms with Gasteiger partial charge in [-0.25, -0.2) is 9.18 Å². The van der Waals surface area contributed by atoms with E-state index in [0.717, 1.165) is 11.8 Å². The number of rotatable bonds is 5. The van der Waals surface area contributed by atoms with Crippen LogP contribution >= 0.6 is 0 Å². The highest BCUT2D eigenvalue weighted by Gasteiger charge is 2.26. The van der Waals surface area contributed by atoms with Crippen LogP contribution in [-0.2, 0) is 22.7 Å². The van der Waals surface area contributed by atoms with Crippen molar-refractivity contribution in [2.24, 2.45) is 0 Å². The van der Waals surface area contributed by atoms with E-state index >= 15 is 0 Å². The number of methoxy groups -OCH3 is 1. The molecule has 1 aromatic heterocycles. The Bertz CT molecular complexity index is 797. The van der Waals surface area contributed by atoms with Gasteiger partial charge in [-0.2, -0.15) is 5.10 Å². The standard InChI is InChI=1S/C16H16FN3O5/c1-24-13-3-2-9(6-11(13)17)14(16(22)23)18-15(21)12-7-10-8-25-5-4-20(10)19-12/h2-3,6-7,14H,4-5,8H2,1H3,(H,18,21)(H,22,23). The first kappa shape index (κ1) is 16.9. The molecule has 1 atom stereocenters. The number of carboxylic acid groups (broad SMARTS) is 1. The minimum Gasteiger partial charge on any atom is -0.494 e. The second-order valence-electron chi connectivity index (χ2n) is 5.44. The van der Waals surface area contributed by atoms with E-state index in [1.54, 1.807) is 10.7 Å². The summed E-state index contributed by atoms with van der Waals surface area (Å²) >= 11 is 0. The minimum atomic E-state index is -1.41. The molecule has 0 spiro atoms. The minimum absolute atomic E-state index is 0.0130. The fourth-order valence-corrected chi connectivity index (χ4v) is 2.56. The number of fused-ring (bicyclic) bond motifs is 1. The van der Waals surface area contributed by atoms with Gasteiger partial charge < -0.3 is 19.9 Å². The summed E-state index contributed by atoms with van der Waals surface area (Å²) in [4.78, 5) is 23.9. The van der Waals surface area contributed by atoms with Crippen LogP contribution < -0.4 is 10.1 Å². The monoisotopic (exact) mass is 349 g/mol. The summed E-state index contributed by atoms with van der Waals surface area (Å²) in [6.07, 6.45) is 0. The van der Waals surface area contributed by atoms with Gasteiger partial charge in [0, 0.05) is 0 Å². The summed E-state index contributed by atoms with van der Waals surface area (Å²) in [5, 5.41) is 15.9. The number of carboxylic acids is 1. The molecule has 0 bridgehead atoms. The molecule has 132 valence electrons. The number of aliphatic carboxylic acids is 1. The molecule has 1 aliphatic heterocycles. The number of carbonyl (C=O) groups is 2. The molecule has 0 fully saturated rings. The molecular formula is C16H16FN3O5. The second-order valence-corrected chi connectivity index (χ2v) is 5.44. The van der Waals surface area contributed by atoms with Gasteiger partial charge in [-0.3, -0.25) is 9.48 Å². The first-order valence-electron chi connectivity index (χ1n) is 7.51. The molecule has 8 nitrogen and oxygen atoms in total. The molecule has 0 saturated carbocycles. The van der Waals surface area contributed by atoms with Gasteiger partial charge in [-0.15, -0.1) is 0 Å². The Balaban J connectivity index is 1.82. The fraction of sp³-hybridized carbons (Fsp3) is 0.312. The third kappa shape index (κ3) is 3.45. The second kappa shape index (κ2) is 6.89. The largest absolute Gasteiger partial charge is 0.494 e. The summed E-state index contributed by atoms with van der Waals surface area (Å²) in [6.45, 7) is 1.36. The number of nitrogens with zero attached hydrogens (tertiary/aromatic N) is 2. The van der Waals surface area contributed by atoms with Crippen molar-refractivity contribution in [1.29, 1.82) is 0 Å². The average Bonchev–Trinajstić information content (AvgIpc) is 3.03. The Morgan fingerprint density at radius 1 is 1.44 bits per heavy atom. The zero-order valence-corrected chi connectivity index (χ0v) is 13.4. The molecule has 2 heterocycles. The van der Waals surface area contributed by atoms with Crippen LogP contribution in [0.5, 0.6) is 5.75 Å². The molecule has 2 N–H and O–H groups in total. The van der Waals surface area contributed by atoms with Gasteiger partial charge in [0.25, 0.3) is 5.91 Å². The Morgan fingerprint density at radius 3 is 2.88 bits per heavy atom. The van der Waals surface area contributed by atoms with E-state index in [0.29, 0.717) is 19.8 Å². The predicted octanol–water partition coefficient (Wildman–Crippen LogP) is 1.12. The van der Waals surface area contributed by atoms with Gasteiger partial charge in [0.05, 0.1) is 32.6 Å². The lowest BCUT2D eigenvalue weighted by Gasteiger charge is -2.15. The van der Waals surface area contributed by atoms with Crippen LogP contribution in [0.2, 0.25) is 0 Å². The summed E-state index contributed by atoms with van der Waals surface area (Å²) < 4.78 is 25.5. The lowest BCUT2D eigenvalue weighted by molar-refractivity contribution is -0.139.